The Morgan fingerprint density at radius 2 is 1.86 bits per heavy atom. The highest BCUT2D eigenvalue weighted by atomic mass is 16.6. The number of carbonyl (C=O) groups excluding carboxylic acids is 2. The molecule has 0 aromatic heterocycles. The minimum atomic E-state index is -0.498. The van der Waals surface area contributed by atoms with E-state index in [-0.39, 0.29) is 64.8 Å². The van der Waals surface area contributed by atoms with Crippen LogP contribution >= 0.6 is 0 Å². The van der Waals surface area contributed by atoms with Gasteiger partial charge >= 0.3 is 5.97 Å². The van der Waals surface area contributed by atoms with Gasteiger partial charge in [-0.05, 0) is 69.2 Å². The first-order chi connectivity index (χ1) is 20.3. The number of aliphatic hydroxyl groups excluding tert-OH is 1. The van der Waals surface area contributed by atoms with Crippen LogP contribution < -0.4 is 5.32 Å². The molecule has 1 spiro atoms. The van der Waals surface area contributed by atoms with Gasteiger partial charge in [-0.15, -0.1) is 0 Å². The molecule has 3 saturated carbocycles. The summed E-state index contributed by atoms with van der Waals surface area (Å²) < 4.78 is 19.5. The van der Waals surface area contributed by atoms with Crippen molar-refractivity contribution in [1.29, 1.82) is 0 Å². The first-order valence-electron chi connectivity index (χ1n) is 16.1. The molecular formula is C35H48N2O6. The maximum Gasteiger partial charge on any atom is 0.302 e. The second-order valence-electron chi connectivity index (χ2n) is 15.5. The van der Waals surface area contributed by atoms with Crippen molar-refractivity contribution < 1.29 is 28.9 Å². The van der Waals surface area contributed by atoms with E-state index in [1.165, 1.54) is 12.5 Å². The van der Waals surface area contributed by atoms with Gasteiger partial charge in [-0.1, -0.05) is 50.6 Å². The van der Waals surface area contributed by atoms with E-state index in [1.807, 2.05) is 30.3 Å². The summed E-state index contributed by atoms with van der Waals surface area (Å²) in [5, 5.41) is 15.0. The summed E-state index contributed by atoms with van der Waals surface area (Å²) in [4.78, 5) is 28.4. The summed E-state index contributed by atoms with van der Waals surface area (Å²) >= 11 is 0. The third-order valence-corrected chi connectivity index (χ3v) is 13.3. The van der Waals surface area contributed by atoms with E-state index >= 15 is 0 Å². The molecule has 43 heavy (non-hydrogen) atoms. The molecule has 8 heteroatoms. The number of amides is 1. The summed E-state index contributed by atoms with van der Waals surface area (Å²) in [6.45, 7) is 11.1. The second-order valence-corrected chi connectivity index (χ2v) is 15.5. The van der Waals surface area contributed by atoms with Gasteiger partial charge in [0.1, 0.15) is 23.9 Å². The van der Waals surface area contributed by atoms with Gasteiger partial charge in [-0.2, -0.15) is 0 Å². The quantitative estimate of drug-likeness (QED) is 0.303. The predicted molar refractivity (Wildman–Crippen MR) is 161 cm³/mol. The van der Waals surface area contributed by atoms with E-state index in [1.54, 1.807) is 0 Å². The molecule has 4 aliphatic carbocycles. The zero-order chi connectivity index (χ0) is 30.7. The number of nitrogens with zero attached hydrogens (tertiary/aromatic N) is 1. The standard InChI is InChI=1S/C35H48N2O6/c1-19(37(6)7)26-24(39)17-34(5)23-15-25(42-20(2)38)28-32(3)18-41-27(29(32)36-31(40)21-11-9-8-10-12-21)30-35(28,43-30)16-22(23)13-14-33(26,34)4/h8-13,19,23-30,39H,14-18H2,1-7H3,(H,36,40)/t19?,23-,24-,25+,26+,27+,28+,29+,30-,32+,33-,34+,35+/m1/s1. The number of allylic oxidation sites excluding steroid dienone is 1. The molecule has 13 atom stereocenters. The summed E-state index contributed by atoms with van der Waals surface area (Å²) in [6.07, 6.45) is 4.28. The topological polar surface area (TPSA) is 101 Å². The number of esters is 1. The van der Waals surface area contributed by atoms with Gasteiger partial charge in [-0.3, -0.25) is 9.59 Å². The van der Waals surface area contributed by atoms with Crippen molar-refractivity contribution in [3.8, 4) is 0 Å². The molecule has 5 fully saturated rings. The fourth-order valence-corrected chi connectivity index (χ4v) is 11.0. The predicted octanol–water partition coefficient (Wildman–Crippen LogP) is 3.97. The maximum absolute atomic E-state index is 13.4. The maximum atomic E-state index is 13.4. The zero-order valence-electron chi connectivity index (χ0n) is 26.6. The molecule has 1 amide bonds. The van der Waals surface area contributed by atoms with Gasteiger partial charge in [-0.25, -0.2) is 0 Å². The van der Waals surface area contributed by atoms with Crippen LogP contribution in [0.3, 0.4) is 0 Å². The number of nitrogens with one attached hydrogen (secondary N) is 1. The Bertz CT molecular complexity index is 1350. The molecule has 1 aromatic rings. The van der Waals surface area contributed by atoms with Crippen molar-refractivity contribution in [2.24, 2.45) is 34.0 Å². The zero-order valence-corrected chi connectivity index (χ0v) is 26.6. The fraction of sp³-hybridized carbons (Fsp3) is 0.714. The average Bonchev–Trinajstić information content (AvgIpc) is 3.55. The first kappa shape index (κ1) is 29.5. The normalized spacial score (nSPS) is 48.2. The molecule has 2 aliphatic heterocycles. The largest absolute Gasteiger partial charge is 0.462 e. The van der Waals surface area contributed by atoms with Gasteiger partial charge in [0, 0.05) is 42.2 Å². The van der Waals surface area contributed by atoms with E-state index in [0.717, 1.165) is 19.3 Å². The lowest BCUT2D eigenvalue weighted by molar-refractivity contribution is -0.157. The molecule has 1 unspecified atom stereocenters. The molecule has 8 nitrogen and oxygen atoms in total. The molecule has 2 saturated heterocycles. The average molecular weight is 593 g/mol. The van der Waals surface area contributed by atoms with Crippen LogP contribution in [0.2, 0.25) is 0 Å². The lowest BCUT2D eigenvalue weighted by atomic mass is 9.51. The molecule has 7 rings (SSSR count). The van der Waals surface area contributed by atoms with Crippen LogP contribution in [-0.4, -0.2) is 84.7 Å². The third kappa shape index (κ3) is 3.95. The summed E-state index contributed by atoms with van der Waals surface area (Å²) in [7, 11) is 4.20. The van der Waals surface area contributed by atoms with Gasteiger partial charge in [0.05, 0.1) is 18.8 Å². The Morgan fingerprint density at radius 3 is 2.53 bits per heavy atom. The SMILES string of the molecule is CC(=O)O[C@H]1C[C@@H]2C(=CC[C@]3(C)[C@@H](C(C)N(C)C)[C@H](O)C[C@@]23C)C[C@@]23O[C@@H]2[C@H]2OC[C@](C)([C@H]2NC(=O)c2ccccc2)[C@H]13. The molecule has 2 bridgehead atoms. The van der Waals surface area contributed by atoms with E-state index in [2.05, 4.69) is 58.1 Å². The summed E-state index contributed by atoms with van der Waals surface area (Å²) in [6, 6.07) is 9.25. The lowest BCUT2D eigenvalue weighted by Crippen LogP contribution is -2.63. The van der Waals surface area contributed by atoms with Crippen molar-refractivity contribution in [1.82, 2.24) is 10.2 Å². The van der Waals surface area contributed by atoms with Crippen molar-refractivity contribution in [2.75, 3.05) is 20.7 Å². The number of hydrogen-bond donors (Lipinski definition) is 2. The van der Waals surface area contributed by atoms with E-state index < -0.39 is 23.2 Å². The number of fused-ring (bicyclic) bond motifs is 7. The molecule has 234 valence electrons. The minimum Gasteiger partial charge on any atom is -0.462 e. The first-order valence-corrected chi connectivity index (χ1v) is 16.1. The number of benzene rings is 1. The number of carbonyl (C=O) groups is 2. The van der Waals surface area contributed by atoms with Gasteiger partial charge in [0.15, 0.2) is 0 Å². The van der Waals surface area contributed by atoms with Crippen molar-refractivity contribution >= 4 is 11.9 Å². The Balaban J connectivity index is 1.28. The number of ether oxygens (including phenoxy) is 3. The molecule has 6 aliphatic rings. The van der Waals surface area contributed by atoms with E-state index in [4.69, 9.17) is 14.2 Å². The van der Waals surface area contributed by atoms with Crippen molar-refractivity contribution in [2.45, 2.75) is 102 Å². The van der Waals surface area contributed by atoms with Crippen LogP contribution in [0.25, 0.3) is 0 Å². The highest BCUT2D eigenvalue weighted by Crippen LogP contribution is 2.73. The Kier molecular flexibility index (Phi) is 6.59. The van der Waals surface area contributed by atoms with Gasteiger partial charge in [0.25, 0.3) is 5.91 Å². The van der Waals surface area contributed by atoms with Crippen LogP contribution in [0.15, 0.2) is 42.0 Å². The number of aliphatic hydroxyl groups is 1. The Hall–Kier alpha value is -2.26. The van der Waals surface area contributed by atoms with Gasteiger partial charge < -0.3 is 29.5 Å². The van der Waals surface area contributed by atoms with Crippen LogP contribution in [0.4, 0.5) is 0 Å². The molecule has 2 N–H and O–H groups in total. The minimum absolute atomic E-state index is 0.111. The summed E-state index contributed by atoms with van der Waals surface area (Å²) in [5.41, 5.74) is 0.721. The molecule has 2 heterocycles. The van der Waals surface area contributed by atoms with Crippen molar-refractivity contribution in [3.63, 3.8) is 0 Å². The number of hydrogen-bond acceptors (Lipinski definition) is 7. The third-order valence-electron chi connectivity index (χ3n) is 13.3. The molecule has 1 aromatic carbocycles. The van der Waals surface area contributed by atoms with E-state index in [9.17, 15) is 14.7 Å². The van der Waals surface area contributed by atoms with Crippen LogP contribution in [-0.2, 0) is 19.0 Å². The number of epoxide rings is 1. The van der Waals surface area contributed by atoms with Crippen LogP contribution in [0.5, 0.6) is 0 Å². The smallest absolute Gasteiger partial charge is 0.302 e. The summed E-state index contributed by atoms with van der Waals surface area (Å²) in [5.74, 6) is -0.286. The molecule has 0 radical (unpaired) electrons. The molecular weight excluding hydrogens is 544 g/mol. The fourth-order valence-electron chi connectivity index (χ4n) is 11.0. The van der Waals surface area contributed by atoms with Gasteiger partial charge in [0.2, 0.25) is 0 Å². The van der Waals surface area contributed by atoms with E-state index in [0.29, 0.717) is 18.6 Å². The van der Waals surface area contributed by atoms with Crippen LogP contribution in [0, 0.1) is 34.0 Å². The Morgan fingerprint density at radius 1 is 1.14 bits per heavy atom. The monoisotopic (exact) mass is 592 g/mol. The van der Waals surface area contributed by atoms with Crippen LogP contribution in [0.1, 0.15) is 70.7 Å². The number of rotatable bonds is 5. The second kappa shape index (κ2) is 9.62. The van der Waals surface area contributed by atoms with Crippen molar-refractivity contribution in [3.05, 3.63) is 47.5 Å². The lowest BCUT2D eigenvalue weighted by Gasteiger charge is -2.54. The highest BCUT2D eigenvalue weighted by molar-refractivity contribution is 5.94. The highest BCUT2D eigenvalue weighted by Gasteiger charge is 2.81. The Labute approximate surface area is 255 Å².